The molecule has 1 aliphatic rings. The van der Waals surface area contributed by atoms with Crippen molar-refractivity contribution in [2.75, 3.05) is 6.61 Å². The molecule has 7 nitrogen and oxygen atoms in total. The molecule has 1 atom stereocenters. The van der Waals surface area contributed by atoms with Crippen LogP contribution in [0.5, 0.6) is 0 Å². The molecular weight excluding hydrogens is 352 g/mol. The van der Waals surface area contributed by atoms with Crippen LogP contribution in [0.15, 0.2) is 36.1 Å². The lowest BCUT2D eigenvalue weighted by Gasteiger charge is -2.37. The van der Waals surface area contributed by atoms with Gasteiger partial charge in [0.2, 0.25) is 0 Å². The van der Waals surface area contributed by atoms with Crippen LogP contribution in [-0.4, -0.2) is 43.4 Å². The molecule has 3 aromatic heterocycles. The van der Waals surface area contributed by atoms with Crippen LogP contribution in [0.25, 0.3) is 5.65 Å². The van der Waals surface area contributed by atoms with Gasteiger partial charge in [0.15, 0.2) is 5.65 Å². The summed E-state index contributed by atoms with van der Waals surface area (Å²) in [6.45, 7) is 0.0392. The first-order valence-corrected chi connectivity index (χ1v) is 9.49. The summed E-state index contributed by atoms with van der Waals surface area (Å²) in [5.41, 5.74) is 1.76. The predicted octanol–water partition coefficient (Wildman–Crippen LogP) is 1.57. The van der Waals surface area contributed by atoms with E-state index >= 15 is 0 Å². The fourth-order valence-electron chi connectivity index (χ4n) is 3.34. The van der Waals surface area contributed by atoms with Crippen molar-refractivity contribution in [3.8, 4) is 0 Å². The molecule has 3 aromatic rings. The Bertz CT molecular complexity index is 902. The molecular formula is C18H20N4O3S. The summed E-state index contributed by atoms with van der Waals surface area (Å²) >= 11 is 1.60. The Kier molecular flexibility index (Phi) is 4.71. The number of carbonyl (C=O) groups is 1. The number of carbonyl (C=O) groups excluding carboxylic acids is 1. The van der Waals surface area contributed by atoms with Gasteiger partial charge in [-0.2, -0.15) is 5.10 Å². The van der Waals surface area contributed by atoms with Gasteiger partial charge in [0.1, 0.15) is 5.56 Å². The number of amides is 1. The molecule has 1 unspecified atom stereocenters. The molecule has 0 bridgehead atoms. The van der Waals surface area contributed by atoms with Gasteiger partial charge in [-0.25, -0.2) is 9.50 Å². The van der Waals surface area contributed by atoms with Crippen LogP contribution in [-0.2, 0) is 6.42 Å². The molecule has 26 heavy (non-hydrogen) atoms. The molecule has 136 valence electrons. The molecule has 4 rings (SSSR count). The molecule has 0 radical (unpaired) electrons. The molecule has 1 amide bonds. The minimum absolute atomic E-state index is 0.0392. The molecule has 1 fully saturated rings. The number of aliphatic hydroxyl groups excluding tert-OH is 2. The van der Waals surface area contributed by atoms with Gasteiger partial charge in [-0.1, -0.05) is 6.07 Å². The highest BCUT2D eigenvalue weighted by molar-refractivity contribution is 7.10. The van der Waals surface area contributed by atoms with Gasteiger partial charge < -0.3 is 15.5 Å². The molecule has 3 N–H and O–H groups in total. The third-order valence-electron chi connectivity index (χ3n) is 4.81. The lowest BCUT2D eigenvalue weighted by Crippen LogP contribution is -2.41. The second kappa shape index (κ2) is 7.14. The van der Waals surface area contributed by atoms with Crippen molar-refractivity contribution in [2.45, 2.75) is 31.4 Å². The molecule has 1 saturated carbocycles. The Hall–Kier alpha value is -2.29. The van der Waals surface area contributed by atoms with E-state index in [4.69, 9.17) is 5.11 Å². The smallest absolute Gasteiger partial charge is 0.257 e. The number of nitrogens with zero attached hydrogens (tertiary/aromatic N) is 3. The number of hydrogen-bond acceptors (Lipinski definition) is 6. The second-order valence-electron chi connectivity index (χ2n) is 6.61. The fourth-order valence-corrected chi connectivity index (χ4v) is 4.21. The van der Waals surface area contributed by atoms with E-state index in [1.165, 1.54) is 6.20 Å². The van der Waals surface area contributed by atoms with E-state index in [2.05, 4.69) is 15.4 Å². The molecule has 3 heterocycles. The summed E-state index contributed by atoms with van der Waals surface area (Å²) in [6.07, 6.45) is 6.55. The van der Waals surface area contributed by atoms with Crippen molar-refractivity contribution in [3.05, 3.63) is 52.1 Å². The lowest BCUT2D eigenvalue weighted by atomic mass is 9.76. The van der Waals surface area contributed by atoms with E-state index in [1.54, 1.807) is 28.2 Å². The summed E-state index contributed by atoms with van der Waals surface area (Å²) < 4.78 is 1.56. The standard InChI is InChI=1S/C18H20N4O3S/c23-4-3-11-8-19-17-14(9-20-22(17)10-11)18(25)21-16(12-6-13(24)7-12)15-2-1-5-26-15/h1-2,5,8-10,12-13,16,23-24H,3-4,6-7H2,(H,21,25). The Morgan fingerprint density at radius 1 is 1.42 bits per heavy atom. The van der Waals surface area contributed by atoms with Crippen LogP contribution in [0.1, 0.15) is 39.7 Å². The van der Waals surface area contributed by atoms with Gasteiger partial charge in [0.25, 0.3) is 5.91 Å². The summed E-state index contributed by atoms with van der Waals surface area (Å²) in [5, 5.41) is 28.0. The predicted molar refractivity (Wildman–Crippen MR) is 97.0 cm³/mol. The number of hydrogen-bond donors (Lipinski definition) is 3. The van der Waals surface area contributed by atoms with Crippen molar-refractivity contribution in [2.24, 2.45) is 5.92 Å². The molecule has 0 aliphatic heterocycles. The molecule has 0 saturated heterocycles. The third-order valence-corrected chi connectivity index (χ3v) is 5.77. The van der Waals surface area contributed by atoms with Crippen molar-refractivity contribution >= 4 is 22.9 Å². The van der Waals surface area contributed by atoms with Crippen LogP contribution >= 0.6 is 11.3 Å². The minimum atomic E-state index is -0.275. The normalized spacial score (nSPS) is 20.7. The van der Waals surface area contributed by atoms with Gasteiger partial charge >= 0.3 is 0 Å². The largest absolute Gasteiger partial charge is 0.396 e. The first-order chi connectivity index (χ1) is 12.7. The zero-order valence-electron chi connectivity index (χ0n) is 14.1. The SMILES string of the molecule is O=C(NC(c1cccs1)C1CC(O)C1)c1cnn2cc(CCO)cnc12. The first-order valence-electron chi connectivity index (χ1n) is 8.61. The van der Waals surface area contributed by atoms with E-state index in [-0.39, 0.29) is 30.6 Å². The highest BCUT2D eigenvalue weighted by Crippen LogP contribution is 2.39. The van der Waals surface area contributed by atoms with E-state index in [1.807, 2.05) is 17.5 Å². The average molecular weight is 372 g/mol. The maximum absolute atomic E-state index is 12.9. The Balaban J connectivity index is 1.57. The number of nitrogens with one attached hydrogen (secondary N) is 1. The quantitative estimate of drug-likeness (QED) is 0.610. The van der Waals surface area contributed by atoms with Gasteiger partial charge in [-0.15, -0.1) is 11.3 Å². The van der Waals surface area contributed by atoms with Crippen molar-refractivity contribution in [1.82, 2.24) is 19.9 Å². The first kappa shape index (κ1) is 17.1. The zero-order valence-corrected chi connectivity index (χ0v) is 14.9. The van der Waals surface area contributed by atoms with Crippen molar-refractivity contribution in [1.29, 1.82) is 0 Å². The molecule has 8 heteroatoms. The molecule has 1 aliphatic carbocycles. The van der Waals surface area contributed by atoms with Crippen LogP contribution in [0.4, 0.5) is 0 Å². The number of aliphatic hydroxyl groups is 2. The number of fused-ring (bicyclic) bond motifs is 1. The topological polar surface area (TPSA) is 99.8 Å². The summed E-state index contributed by atoms with van der Waals surface area (Å²) in [6, 6.07) is 3.86. The van der Waals surface area contributed by atoms with Crippen LogP contribution in [0.2, 0.25) is 0 Å². The van der Waals surface area contributed by atoms with Crippen LogP contribution in [0, 0.1) is 5.92 Å². The van der Waals surface area contributed by atoms with Gasteiger partial charge in [0, 0.05) is 23.9 Å². The highest BCUT2D eigenvalue weighted by atomic mass is 32.1. The van der Waals surface area contributed by atoms with Crippen LogP contribution < -0.4 is 5.32 Å². The van der Waals surface area contributed by atoms with Crippen molar-refractivity contribution < 1.29 is 15.0 Å². The maximum Gasteiger partial charge on any atom is 0.257 e. The number of aromatic nitrogens is 3. The van der Waals surface area contributed by atoms with Gasteiger partial charge in [-0.05, 0) is 42.2 Å². The Morgan fingerprint density at radius 2 is 2.27 bits per heavy atom. The Morgan fingerprint density at radius 3 is 2.96 bits per heavy atom. The zero-order chi connectivity index (χ0) is 18.1. The summed E-state index contributed by atoms with van der Waals surface area (Å²) in [5.74, 6) is 0.0146. The Labute approximate surface area is 154 Å². The van der Waals surface area contributed by atoms with E-state index in [0.29, 0.717) is 30.5 Å². The summed E-state index contributed by atoms with van der Waals surface area (Å²) in [4.78, 5) is 18.3. The fraction of sp³-hybridized carbons (Fsp3) is 0.389. The molecule has 0 spiro atoms. The van der Waals surface area contributed by atoms with Crippen LogP contribution in [0.3, 0.4) is 0 Å². The van der Waals surface area contributed by atoms with Crippen molar-refractivity contribution in [3.63, 3.8) is 0 Å². The van der Waals surface area contributed by atoms with Gasteiger partial charge in [-0.3, -0.25) is 4.79 Å². The van der Waals surface area contributed by atoms with E-state index < -0.39 is 0 Å². The monoisotopic (exact) mass is 372 g/mol. The van der Waals surface area contributed by atoms with Gasteiger partial charge in [0.05, 0.1) is 18.3 Å². The van der Waals surface area contributed by atoms with E-state index in [0.717, 1.165) is 10.4 Å². The minimum Gasteiger partial charge on any atom is -0.396 e. The third kappa shape index (κ3) is 3.23. The maximum atomic E-state index is 12.9. The summed E-state index contributed by atoms with van der Waals surface area (Å²) in [7, 11) is 0. The highest BCUT2D eigenvalue weighted by Gasteiger charge is 2.36. The average Bonchev–Trinajstić information content (AvgIpc) is 3.26. The lowest BCUT2D eigenvalue weighted by molar-refractivity contribution is 0.0241. The second-order valence-corrected chi connectivity index (χ2v) is 7.59. The molecule has 0 aromatic carbocycles. The van der Waals surface area contributed by atoms with E-state index in [9.17, 15) is 9.90 Å². The number of rotatable bonds is 6. The number of thiophene rings is 1.